The van der Waals surface area contributed by atoms with E-state index in [1.54, 1.807) is 4.90 Å². The molecular weight excluding hydrogens is 437 g/mol. The van der Waals surface area contributed by atoms with Crippen molar-refractivity contribution >= 4 is 35.1 Å². The van der Waals surface area contributed by atoms with Crippen molar-refractivity contribution in [2.75, 3.05) is 29.0 Å². The first-order chi connectivity index (χ1) is 16.4. The molecule has 0 bridgehead atoms. The minimum atomic E-state index is -0.664. The fraction of sp³-hybridized carbons (Fsp3) is 0.250. The van der Waals surface area contributed by atoms with E-state index in [2.05, 4.69) is 25.9 Å². The molecule has 1 saturated heterocycles. The summed E-state index contributed by atoms with van der Waals surface area (Å²) in [5.41, 5.74) is 7.16. The molecule has 3 amide bonds. The molecule has 2 heterocycles. The summed E-state index contributed by atoms with van der Waals surface area (Å²) < 4.78 is 14.3. The summed E-state index contributed by atoms with van der Waals surface area (Å²) >= 11 is 0. The van der Waals surface area contributed by atoms with E-state index in [4.69, 9.17) is 5.73 Å². The normalized spacial score (nSPS) is 13.9. The molecular formula is C24H26FN7O2. The van der Waals surface area contributed by atoms with E-state index in [1.165, 1.54) is 24.4 Å². The topological polar surface area (TPSA) is 125 Å². The van der Waals surface area contributed by atoms with Gasteiger partial charge < -0.3 is 26.6 Å². The third-order valence-electron chi connectivity index (χ3n) is 5.56. The summed E-state index contributed by atoms with van der Waals surface area (Å²) in [6, 6.07) is 13.4. The molecule has 1 atom stereocenters. The molecule has 34 heavy (non-hydrogen) atoms. The van der Waals surface area contributed by atoms with Gasteiger partial charge in [-0.3, -0.25) is 4.79 Å². The largest absolute Gasteiger partial charge is 0.365 e. The summed E-state index contributed by atoms with van der Waals surface area (Å²) in [5, 5.41) is 8.80. The van der Waals surface area contributed by atoms with Crippen molar-refractivity contribution in [1.82, 2.24) is 14.9 Å². The van der Waals surface area contributed by atoms with Gasteiger partial charge in [0.2, 0.25) is 5.95 Å². The minimum Gasteiger partial charge on any atom is -0.365 e. The molecule has 3 aromatic rings. The summed E-state index contributed by atoms with van der Waals surface area (Å²) in [6.07, 6.45) is 3.21. The zero-order valence-corrected chi connectivity index (χ0v) is 18.7. The molecule has 0 spiro atoms. The Bertz CT molecular complexity index is 1180. The molecule has 4 rings (SSSR count). The number of carbonyl (C=O) groups excluding carboxylic acids is 2. The molecule has 1 fully saturated rings. The van der Waals surface area contributed by atoms with Crippen molar-refractivity contribution in [1.29, 1.82) is 0 Å². The lowest BCUT2D eigenvalue weighted by atomic mass is 10.1. The van der Waals surface area contributed by atoms with Gasteiger partial charge in [0.25, 0.3) is 5.91 Å². The number of rotatable bonds is 7. The maximum Gasteiger partial charge on any atom is 0.321 e. The fourth-order valence-corrected chi connectivity index (χ4v) is 3.70. The first-order valence-electron chi connectivity index (χ1n) is 11.0. The highest BCUT2D eigenvalue weighted by atomic mass is 19.1. The van der Waals surface area contributed by atoms with Gasteiger partial charge >= 0.3 is 6.03 Å². The predicted molar refractivity (Wildman–Crippen MR) is 129 cm³/mol. The van der Waals surface area contributed by atoms with Gasteiger partial charge in [-0.15, -0.1) is 0 Å². The quantitative estimate of drug-likeness (QED) is 0.415. The second kappa shape index (κ2) is 10.2. The number of urea groups is 1. The molecule has 1 aliphatic heterocycles. The maximum absolute atomic E-state index is 14.3. The van der Waals surface area contributed by atoms with E-state index in [-0.39, 0.29) is 35.1 Å². The Kier molecular flexibility index (Phi) is 6.86. The maximum atomic E-state index is 14.3. The van der Waals surface area contributed by atoms with Gasteiger partial charge in [-0.2, -0.15) is 4.98 Å². The number of benzene rings is 2. The Labute approximate surface area is 196 Å². The van der Waals surface area contributed by atoms with Crippen molar-refractivity contribution in [3.63, 3.8) is 0 Å². The summed E-state index contributed by atoms with van der Waals surface area (Å²) in [6.45, 7) is 3.25. The highest BCUT2D eigenvalue weighted by Crippen LogP contribution is 2.25. The number of nitrogens with zero attached hydrogens (tertiary/aromatic N) is 3. The van der Waals surface area contributed by atoms with Crippen LogP contribution in [-0.2, 0) is 0 Å². The lowest BCUT2D eigenvalue weighted by molar-refractivity contribution is 0.100. The molecule has 10 heteroatoms. The number of halogens is 1. The van der Waals surface area contributed by atoms with E-state index < -0.39 is 11.7 Å². The van der Waals surface area contributed by atoms with Crippen LogP contribution >= 0.6 is 0 Å². The van der Waals surface area contributed by atoms with Crippen LogP contribution in [0, 0.1) is 5.82 Å². The monoisotopic (exact) mass is 463 g/mol. The van der Waals surface area contributed by atoms with E-state index >= 15 is 0 Å². The van der Waals surface area contributed by atoms with Crippen LogP contribution in [-0.4, -0.2) is 39.9 Å². The van der Waals surface area contributed by atoms with Gasteiger partial charge in [-0.25, -0.2) is 14.2 Å². The zero-order valence-electron chi connectivity index (χ0n) is 18.7. The Balaban J connectivity index is 1.53. The smallest absolute Gasteiger partial charge is 0.321 e. The molecule has 2 aromatic carbocycles. The van der Waals surface area contributed by atoms with Crippen molar-refractivity contribution in [2.24, 2.45) is 5.73 Å². The first kappa shape index (κ1) is 23.0. The van der Waals surface area contributed by atoms with Gasteiger partial charge in [-0.05, 0) is 43.5 Å². The second-order valence-electron chi connectivity index (χ2n) is 8.04. The molecule has 1 unspecified atom stereocenters. The lowest BCUT2D eigenvalue weighted by Gasteiger charge is -2.18. The van der Waals surface area contributed by atoms with Crippen LogP contribution in [0.3, 0.4) is 0 Å². The standard InChI is InChI=1S/C24H26FN7O2/c1-15(16-7-3-2-4-8-16)28-22-18(21(26)33)14-27-23(31-22)29-17-9-10-19(25)20(13-17)30-24(34)32-11-5-6-12-32/h2-4,7-10,13-15H,5-6,11-12H2,1H3,(H2,26,33)(H,30,34)(H2,27,28,29,31). The summed E-state index contributed by atoms with van der Waals surface area (Å²) in [4.78, 5) is 34.5. The zero-order chi connectivity index (χ0) is 24.1. The average Bonchev–Trinajstić information content (AvgIpc) is 3.37. The third kappa shape index (κ3) is 5.40. The summed E-state index contributed by atoms with van der Waals surface area (Å²) in [7, 11) is 0. The Morgan fingerprint density at radius 2 is 1.85 bits per heavy atom. The van der Waals surface area contributed by atoms with Gasteiger partial charge in [0, 0.05) is 31.0 Å². The minimum absolute atomic E-state index is 0.0479. The molecule has 0 radical (unpaired) electrons. The molecule has 1 aromatic heterocycles. The molecule has 1 aliphatic rings. The molecule has 176 valence electrons. The lowest BCUT2D eigenvalue weighted by Crippen LogP contribution is -2.32. The molecule has 0 aliphatic carbocycles. The van der Waals surface area contributed by atoms with Crippen LogP contribution in [0.25, 0.3) is 0 Å². The number of aromatic nitrogens is 2. The highest BCUT2D eigenvalue weighted by molar-refractivity contribution is 5.97. The number of anilines is 4. The number of likely N-dealkylation sites (tertiary alicyclic amines) is 1. The van der Waals surface area contributed by atoms with E-state index in [0.717, 1.165) is 18.4 Å². The number of nitrogens with two attached hydrogens (primary N) is 1. The fourth-order valence-electron chi connectivity index (χ4n) is 3.70. The number of carbonyl (C=O) groups is 2. The number of hydrogen-bond donors (Lipinski definition) is 4. The average molecular weight is 464 g/mol. The molecule has 5 N–H and O–H groups in total. The van der Waals surface area contributed by atoms with Crippen LogP contribution in [0.1, 0.15) is 41.7 Å². The van der Waals surface area contributed by atoms with E-state index in [1.807, 2.05) is 37.3 Å². The Morgan fingerprint density at radius 3 is 2.56 bits per heavy atom. The van der Waals surface area contributed by atoms with E-state index in [0.29, 0.717) is 18.8 Å². The first-order valence-corrected chi connectivity index (χ1v) is 11.0. The van der Waals surface area contributed by atoms with Crippen LogP contribution in [0.5, 0.6) is 0 Å². The van der Waals surface area contributed by atoms with Gasteiger partial charge in [0.05, 0.1) is 11.3 Å². The van der Waals surface area contributed by atoms with Gasteiger partial charge in [0.1, 0.15) is 11.6 Å². The summed E-state index contributed by atoms with van der Waals surface area (Å²) in [5.74, 6) is -0.771. The number of nitrogens with one attached hydrogen (secondary N) is 3. The number of amides is 3. The predicted octanol–water partition coefficient (Wildman–Crippen LogP) is 4.26. The third-order valence-corrected chi connectivity index (χ3v) is 5.56. The number of hydrogen-bond acceptors (Lipinski definition) is 6. The van der Waals surface area contributed by atoms with Crippen molar-refractivity contribution < 1.29 is 14.0 Å². The van der Waals surface area contributed by atoms with Gasteiger partial charge in [0.15, 0.2) is 0 Å². The van der Waals surface area contributed by atoms with Crippen LogP contribution < -0.4 is 21.7 Å². The SMILES string of the molecule is CC(Nc1nc(Nc2ccc(F)c(NC(=O)N3CCCC3)c2)ncc1C(N)=O)c1ccccc1. The van der Waals surface area contributed by atoms with Crippen molar-refractivity contribution in [3.8, 4) is 0 Å². The van der Waals surface area contributed by atoms with Crippen LogP contribution in [0.15, 0.2) is 54.7 Å². The number of primary amides is 1. The van der Waals surface area contributed by atoms with Crippen LogP contribution in [0.4, 0.5) is 32.3 Å². The van der Waals surface area contributed by atoms with Crippen LogP contribution in [0.2, 0.25) is 0 Å². The van der Waals surface area contributed by atoms with Crippen molar-refractivity contribution in [3.05, 3.63) is 71.7 Å². The second-order valence-corrected chi connectivity index (χ2v) is 8.04. The Hall–Kier alpha value is -4.21. The Morgan fingerprint density at radius 1 is 1.12 bits per heavy atom. The van der Waals surface area contributed by atoms with Gasteiger partial charge in [-0.1, -0.05) is 30.3 Å². The molecule has 9 nitrogen and oxygen atoms in total. The van der Waals surface area contributed by atoms with Crippen molar-refractivity contribution in [2.45, 2.75) is 25.8 Å². The highest BCUT2D eigenvalue weighted by Gasteiger charge is 2.19. The van der Waals surface area contributed by atoms with E-state index in [9.17, 15) is 14.0 Å². The molecule has 0 saturated carbocycles.